The van der Waals surface area contributed by atoms with Gasteiger partial charge in [-0.15, -0.1) is 0 Å². The number of hydrogen-bond donors (Lipinski definition) is 2. The van der Waals surface area contributed by atoms with E-state index in [0.717, 1.165) is 19.6 Å². The molecule has 1 aromatic rings. The number of rotatable bonds is 5. The third kappa shape index (κ3) is 3.89. The highest BCUT2D eigenvalue weighted by atomic mass is 35.5. The van der Waals surface area contributed by atoms with E-state index in [9.17, 15) is 0 Å². The summed E-state index contributed by atoms with van der Waals surface area (Å²) in [5.41, 5.74) is 0. The summed E-state index contributed by atoms with van der Waals surface area (Å²) in [6.45, 7) is 11.4. The summed E-state index contributed by atoms with van der Waals surface area (Å²) in [6, 6.07) is 0.572. The number of anilines is 2. The molecule has 1 saturated heterocycles. The first kappa shape index (κ1) is 16.1. The Kier molecular flexibility index (Phi) is 5.47. The molecule has 1 aliphatic rings. The number of hydrogen-bond acceptors (Lipinski definition) is 6. The van der Waals surface area contributed by atoms with E-state index in [0.29, 0.717) is 35.3 Å². The van der Waals surface area contributed by atoms with Crippen molar-refractivity contribution in [2.24, 2.45) is 0 Å². The van der Waals surface area contributed by atoms with E-state index in [2.05, 4.69) is 46.3 Å². The molecular weight excluding hydrogens is 290 g/mol. The predicted octanol–water partition coefficient (Wildman–Crippen LogP) is 2.15. The van der Waals surface area contributed by atoms with Crippen LogP contribution in [0.2, 0.25) is 5.15 Å². The maximum absolute atomic E-state index is 6.31. The minimum atomic E-state index is 0.239. The Bertz CT molecular complexity index is 483. The molecule has 1 aliphatic heterocycles. The Hall–Kier alpha value is -1.27. The summed E-state index contributed by atoms with van der Waals surface area (Å²) in [4.78, 5) is 11.2. The normalized spacial score (nSPS) is 19.0. The monoisotopic (exact) mass is 313 g/mol. The van der Waals surface area contributed by atoms with Crippen LogP contribution in [0.4, 0.5) is 11.8 Å². The lowest BCUT2D eigenvalue weighted by atomic mass is 10.2. The highest BCUT2D eigenvalue weighted by Crippen LogP contribution is 2.33. The summed E-state index contributed by atoms with van der Waals surface area (Å²) in [7, 11) is 0. The SMILES string of the molecule is CCOc1c(Cl)nc(N2CCNCC2C)nc1NC(C)C. The molecule has 21 heavy (non-hydrogen) atoms. The van der Waals surface area contributed by atoms with Crippen molar-refractivity contribution in [2.75, 3.05) is 36.5 Å². The fraction of sp³-hybridized carbons (Fsp3) is 0.714. The van der Waals surface area contributed by atoms with Crippen molar-refractivity contribution in [2.45, 2.75) is 39.8 Å². The van der Waals surface area contributed by atoms with Gasteiger partial charge in [-0.2, -0.15) is 9.97 Å². The van der Waals surface area contributed by atoms with Gasteiger partial charge in [-0.1, -0.05) is 11.6 Å². The van der Waals surface area contributed by atoms with Crippen LogP contribution in [-0.4, -0.2) is 48.3 Å². The van der Waals surface area contributed by atoms with Crippen molar-refractivity contribution < 1.29 is 4.74 Å². The first-order valence-corrected chi connectivity index (χ1v) is 7.85. The molecule has 0 aliphatic carbocycles. The smallest absolute Gasteiger partial charge is 0.229 e. The van der Waals surface area contributed by atoms with E-state index >= 15 is 0 Å². The zero-order valence-corrected chi connectivity index (χ0v) is 13.9. The van der Waals surface area contributed by atoms with Crippen LogP contribution in [0.25, 0.3) is 0 Å². The van der Waals surface area contributed by atoms with Gasteiger partial charge >= 0.3 is 0 Å². The molecule has 2 heterocycles. The predicted molar refractivity (Wildman–Crippen MR) is 86.6 cm³/mol. The summed E-state index contributed by atoms with van der Waals surface area (Å²) in [6.07, 6.45) is 0. The molecular formula is C14H24ClN5O. The van der Waals surface area contributed by atoms with Crippen molar-refractivity contribution >= 4 is 23.4 Å². The molecule has 6 nitrogen and oxygen atoms in total. The Morgan fingerprint density at radius 1 is 1.48 bits per heavy atom. The minimum Gasteiger partial charge on any atom is -0.487 e. The quantitative estimate of drug-likeness (QED) is 0.812. The summed E-state index contributed by atoms with van der Waals surface area (Å²) in [5.74, 6) is 1.84. The van der Waals surface area contributed by atoms with Gasteiger partial charge in [0.15, 0.2) is 16.7 Å². The second-order valence-corrected chi connectivity index (χ2v) is 5.83. The standard InChI is InChI=1S/C14H24ClN5O/c1-5-21-11-12(15)18-14(19-13(11)17-9(2)3)20-7-6-16-8-10(20)4/h9-10,16H,5-8H2,1-4H3,(H,17,18,19). The molecule has 0 bridgehead atoms. The summed E-state index contributed by atoms with van der Waals surface area (Å²) in [5, 5.41) is 7.00. The van der Waals surface area contributed by atoms with Gasteiger partial charge in [-0.3, -0.25) is 0 Å². The highest BCUT2D eigenvalue weighted by Gasteiger charge is 2.24. The maximum Gasteiger partial charge on any atom is 0.229 e. The second-order valence-electron chi connectivity index (χ2n) is 5.47. The van der Waals surface area contributed by atoms with Crippen molar-refractivity contribution in [1.29, 1.82) is 0 Å². The highest BCUT2D eigenvalue weighted by molar-refractivity contribution is 6.31. The van der Waals surface area contributed by atoms with Gasteiger partial charge in [0.1, 0.15) is 0 Å². The average Bonchev–Trinajstić information content (AvgIpc) is 2.42. The molecule has 0 saturated carbocycles. The molecule has 0 amide bonds. The van der Waals surface area contributed by atoms with Crippen LogP contribution in [-0.2, 0) is 0 Å². The number of aromatic nitrogens is 2. The fourth-order valence-electron chi connectivity index (χ4n) is 2.32. The lowest BCUT2D eigenvalue weighted by Crippen LogP contribution is -2.50. The molecule has 1 atom stereocenters. The Labute approximate surface area is 131 Å². The van der Waals surface area contributed by atoms with Gasteiger partial charge in [0, 0.05) is 31.7 Å². The van der Waals surface area contributed by atoms with E-state index in [-0.39, 0.29) is 6.04 Å². The number of piperazine rings is 1. The average molecular weight is 314 g/mol. The van der Waals surface area contributed by atoms with Crippen LogP contribution < -0.4 is 20.3 Å². The Morgan fingerprint density at radius 2 is 2.24 bits per heavy atom. The molecule has 1 aromatic heterocycles. The van der Waals surface area contributed by atoms with Crippen molar-refractivity contribution in [3.05, 3.63) is 5.15 Å². The lowest BCUT2D eigenvalue weighted by Gasteiger charge is -2.34. The van der Waals surface area contributed by atoms with Gasteiger partial charge in [-0.05, 0) is 27.7 Å². The zero-order valence-electron chi connectivity index (χ0n) is 13.1. The van der Waals surface area contributed by atoms with Crippen LogP contribution >= 0.6 is 11.6 Å². The topological polar surface area (TPSA) is 62.3 Å². The molecule has 0 aromatic carbocycles. The van der Waals surface area contributed by atoms with Gasteiger partial charge < -0.3 is 20.3 Å². The van der Waals surface area contributed by atoms with Crippen molar-refractivity contribution in [3.63, 3.8) is 0 Å². The maximum atomic E-state index is 6.31. The van der Waals surface area contributed by atoms with Crippen LogP contribution in [0, 0.1) is 0 Å². The van der Waals surface area contributed by atoms with Gasteiger partial charge in [0.2, 0.25) is 5.95 Å². The Morgan fingerprint density at radius 3 is 2.86 bits per heavy atom. The van der Waals surface area contributed by atoms with E-state index in [1.807, 2.05) is 6.92 Å². The second kappa shape index (κ2) is 7.13. The van der Waals surface area contributed by atoms with Gasteiger partial charge in [0.25, 0.3) is 0 Å². The Balaban J connectivity index is 2.36. The third-order valence-electron chi connectivity index (χ3n) is 3.28. The molecule has 0 spiro atoms. The van der Waals surface area contributed by atoms with E-state index in [1.165, 1.54) is 0 Å². The number of nitrogens with one attached hydrogen (secondary N) is 2. The number of halogens is 1. The summed E-state index contributed by atoms with van der Waals surface area (Å²) < 4.78 is 5.59. The number of ether oxygens (including phenoxy) is 1. The molecule has 2 N–H and O–H groups in total. The van der Waals surface area contributed by atoms with Gasteiger partial charge in [0.05, 0.1) is 6.61 Å². The van der Waals surface area contributed by atoms with Crippen LogP contribution in [0.1, 0.15) is 27.7 Å². The summed E-state index contributed by atoms with van der Waals surface area (Å²) >= 11 is 6.31. The minimum absolute atomic E-state index is 0.239. The molecule has 2 rings (SSSR count). The van der Waals surface area contributed by atoms with Crippen LogP contribution in [0.5, 0.6) is 5.75 Å². The molecule has 7 heteroatoms. The third-order valence-corrected chi connectivity index (χ3v) is 3.54. The van der Waals surface area contributed by atoms with Crippen molar-refractivity contribution in [1.82, 2.24) is 15.3 Å². The zero-order chi connectivity index (χ0) is 15.4. The van der Waals surface area contributed by atoms with Gasteiger partial charge in [-0.25, -0.2) is 0 Å². The van der Waals surface area contributed by atoms with Crippen LogP contribution in [0.15, 0.2) is 0 Å². The number of nitrogens with zero attached hydrogens (tertiary/aromatic N) is 3. The molecule has 118 valence electrons. The van der Waals surface area contributed by atoms with Crippen molar-refractivity contribution in [3.8, 4) is 5.75 Å². The van der Waals surface area contributed by atoms with E-state index < -0.39 is 0 Å². The first-order valence-electron chi connectivity index (χ1n) is 7.47. The fourth-order valence-corrected chi connectivity index (χ4v) is 2.54. The van der Waals surface area contributed by atoms with Crippen LogP contribution in [0.3, 0.4) is 0 Å². The molecule has 1 unspecified atom stereocenters. The van der Waals surface area contributed by atoms with E-state index in [4.69, 9.17) is 16.3 Å². The molecule has 1 fully saturated rings. The lowest BCUT2D eigenvalue weighted by molar-refractivity contribution is 0.339. The molecule has 0 radical (unpaired) electrons. The van der Waals surface area contributed by atoms with E-state index in [1.54, 1.807) is 0 Å². The first-order chi connectivity index (χ1) is 10.0. The largest absolute Gasteiger partial charge is 0.487 e.